The van der Waals surface area contributed by atoms with Crippen LogP contribution < -0.4 is 64.4 Å². The first kappa shape index (κ1) is 29.6. The third-order valence-corrected chi connectivity index (χ3v) is 5.86. The Kier molecular flexibility index (Phi) is 13.7. The van der Waals surface area contributed by atoms with E-state index >= 15 is 0 Å². The molecule has 0 aromatic heterocycles. The normalized spacial score (nSPS) is 15.8. The molecule has 0 saturated carbocycles. The Labute approximate surface area is 237 Å². The number of nitrogens with one attached hydrogen (secondary N) is 1. The first-order chi connectivity index (χ1) is 14.5. The van der Waals surface area contributed by atoms with E-state index in [1.165, 1.54) is 22.8 Å². The minimum atomic E-state index is -0.739. The number of rotatable bonds is 10. The van der Waals surface area contributed by atoms with Crippen molar-refractivity contribution in [1.29, 1.82) is 0 Å². The molecule has 3 rings (SSSR count). The van der Waals surface area contributed by atoms with E-state index in [9.17, 15) is 20.1 Å². The molecule has 2 atom stereocenters. The Morgan fingerprint density at radius 1 is 1.12 bits per heavy atom. The first-order valence-electron chi connectivity index (χ1n) is 10.6. The molecule has 2 aromatic rings. The summed E-state index contributed by atoms with van der Waals surface area (Å²) in [5.74, 6) is -0.708. The van der Waals surface area contributed by atoms with Crippen LogP contribution in [-0.4, -0.2) is 39.0 Å². The van der Waals surface area contributed by atoms with E-state index in [1.807, 2.05) is 0 Å². The Morgan fingerprint density at radius 2 is 1.91 bits per heavy atom. The predicted molar refractivity (Wildman–Crippen MR) is 117 cm³/mol. The van der Waals surface area contributed by atoms with Gasteiger partial charge in [-0.05, 0) is 72.9 Å². The van der Waals surface area contributed by atoms with E-state index in [0.29, 0.717) is 24.1 Å². The zero-order valence-corrected chi connectivity index (χ0v) is 23.2. The maximum absolute atomic E-state index is 10.6. The van der Waals surface area contributed by atoms with Crippen molar-refractivity contribution in [3.8, 4) is 5.75 Å². The number of benzene rings is 2. The van der Waals surface area contributed by atoms with Crippen LogP contribution in [0.2, 0.25) is 0 Å². The van der Waals surface area contributed by atoms with Gasteiger partial charge in [0, 0.05) is 24.6 Å². The number of aliphatic carboxylic acids is 1. The van der Waals surface area contributed by atoms with E-state index in [2.05, 4.69) is 23.5 Å². The van der Waals surface area contributed by atoms with Gasteiger partial charge in [0.05, 0.1) is 12.7 Å². The van der Waals surface area contributed by atoms with Crippen molar-refractivity contribution in [3.63, 3.8) is 0 Å². The second-order valence-electron chi connectivity index (χ2n) is 8.11. The van der Waals surface area contributed by atoms with E-state index in [0.717, 1.165) is 32.1 Å². The van der Waals surface area contributed by atoms with Gasteiger partial charge in [0.1, 0.15) is 5.75 Å². The zero-order valence-electron chi connectivity index (χ0n) is 21.2. The molecule has 0 heterocycles. The molecule has 2 aromatic carbocycles. The molecule has 32 heavy (non-hydrogen) atoms. The van der Waals surface area contributed by atoms with Gasteiger partial charge in [0.2, 0.25) is 0 Å². The summed E-state index contributed by atoms with van der Waals surface area (Å²) in [7, 11) is 0. The molecule has 0 amide bonds. The van der Waals surface area contributed by atoms with Crippen LogP contribution in [0.5, 0.6) is 5.75 Å². The van der Waals surface area contributed by atoms with Crippen molar-refractivity contribution >= 4 is 5.97 Å². The number of carbonyl (C=O) groups is 1. The van der Waals surface area contributed by atoms with Crippen molar-refractivity contribution in [2.75, 3.05) is 6.54 Å². The number of hydrogen-bond donors (Lipinski definition) is 5. The topological polar surface area (TPSA) is 110 Å². The van der Waals surface area contributed by atoms with Gasteiger partial charge in [-0.3, -0.25) is 4.79 Å². The van der Waals surface area contributed by atoms with Crippen molar-refractivity contribution in [1.82, 2.24) is 5.32 Å². The van der Waals surface area contributed by atoms with Crippen LogP contribution in [0.1, 0.15) is 62.5 Å². The summed E-state index contributed by atoms with van der Waals surface area (Å²) in [5.41, 5.74) is 5.03. The van der Waals surface area contributed by atoms with Gasteiger partial charge >= 0.3 is 65.1 Å². The fraction of sp³-hybridized carbons (Fsp3) is 0.458. The van der Waals surface area contributed by atoms with Crippen LogP contribution in [0.3, 0.4) is 0 Å². The maximum atomic E-state index is 10.6. The fourth-order valence-electron chi connectivity index (χ4n) is 4.08. The van der Waals surface area contributed by atoms with Crippen LogP contribution >= 0.6 is 0 Å². The summed E-state index contributed by atoms with van der Waals surface area (Å²) in [6.45, 7) is 0.141. The molecule has 0 radical (unpaired) electrons. The Bertz CT molecular complexity index is 888. The molecule has 0 spiro atoms. The predicted octanol–water partition coefficient (Wildman–Crippen LogP) is -2.90. The van der Waals surface area contributed by atoms with Crippen molar-refractivity contribution < 1.29 is 87.2 Å². The Morgan fingerprint density at radius 3 is 2.62 bits per heavy atom. The molecule has 0 unspecified atom stereocenters. The number of aryl methyl sites for hydroxylation is 2. The minimum absolute atomic E-state index is 0. The van der Waals surface area contributed by atoms with E-state index < -0.39 is 12.1 Å². The molecule has 0 fully saturated rings. The fourth-order valence-corrected chi connectivity index (χ4v) is 4.08. The van der Waals surface area contributed by atoms with Gasteiger partial charge in [-0.1, -0.05) is 24.3 Å². The quantitative estimate of drug-likeness (QED) is 0.192. The average Bonchev–Trinajstić information content (AvgIpc) is 2.75. The zero-order chi connectivity index (χ0) is 21.5. The summed E-state index contributed by atoms with van der Waals surface area (Å²) in [5, 5.41) is 41.7. The van der Waals surface area contributed by atoms with Crippen molar-refractivity contribution in [2.24, 2.45) is 0 Å². The monoisotopic (exact) mass is 461 g/mol. The molecule has 166 valence electrons. The molecule has 1 aliphatic rings. The second kappa shape index (κ2) is 14.8. The van der Waals surface area contributed by atoms with Gasteiger partial charge in [-0.2, -0.15) is 0 Å². The van der Waals surface area contributed by atoms with Gasteiger partial charge < -0.3 is 28.6 Å². The third kappa shape index (κ3) is 8.75. The Hall–Kier alpha value is -0.410. The minimum Gasteiger partial charge on any atom is -1.00 e. The van der Waals surface area contributed by atoms with Gasteiger partial charge in [0.25, 0.3) is 0 Å². The van der Waals surface area contributed by atoms with Gasteiger partial charge in [-0.15, -0.1) is 0 Å². The number of aromatic hydroxyl groups is 1. The third-order valence-electron chi connectivity index (χ3n) is 5.86. The van der Waals surface area contributed by atoms with Crippen LogP contribution in [-0.2, 0) is 30.7 Å². The largest absolute Gasteiger partial charge is 1.00 e. The second-order valence-corrected chi connectivity index (χ2v) is 8.11. The maximum Gasteiger partial charge on any atom is 1.00 e. The first-order valence-corrected chi connectivity index (χ1v) is 10.6. The van der Waals surface area contributed by atoms with Crippen LogP contribution in [0.15, 0.2) is 36.4 Å². The number of phenols is 1. The number of aliphatic hydroxyl groups excluding tert-OH is 2. The Balaban J connectivity index is 0. The molecule has 1 aliphatic carbocycles. The van der Waals surface area contributed by atoms with Crippen molar-refractivity contribution in [3.05, 3.63) is 64.2 Å². The average molecular weight is 462 g/mol. The van der Waals surface area contributed by atoms with E-state index in [4.69, 9.17) is 5.11 Å². The summed E-state index contributed by atoms with van der Waals surface area (Å²) in [4.78, 5) is 10.6. The summed E-state index contributed by atoms with van der Waals surface area (Å²) in [6.07, 6.45) is 4.89. The number of hydrogen-bond acceptors (Lipinski definition) is 5. The number of aliphatic hydroxyl groups is 2. The summed E-state index contributed by atoms with van der Waals surface area (Å²) in [6, 6.07) is 11.7. The number of carboxylic acid groups (broad SMARTS) is 1. The summed E-state index contributed by atoms with van der Waals surface area (Å²) < 4.78 is 0. The molecular weight excluding hydrogens is 428 g/mol. The molecule has 5 N–H and O–H groups in total. The standard InChI is InChI=1S/C24H31NO5.2Na.2H/c26-15-20-12-18(8-10-22(20)27)23(28)14-25-21-9-7-17-6-5-16(11-19(17)13-21)3-1-2-4-24(29)30;;;;/h5-6,8,10-12,21,23,25-28H,1-4,7,9,13-15H2,(H,29,30);;;;/q;2*+1;2*-1/t21-,23+;;;;/m0..../s1. The van der Waals surface area contributed by atoms with Crippen LogP contribution in [0, 0.1) is 0 Å². The number of carboxylic acids is 1. The number of unbranched alkanes of at least 4 members (excludes halogenated alkanes) is 1. The van der Waals surface area contributed by atoms with Gasteiger partial charge in [-0.25, -0.2) is 0 Å². The molecular formula is C24H33NNa2O5. The SMILES string of the molecule is O=C(O)CCCCc1ccc2c(c1)C[C@@H](NC[C@@H](O)c1ccc(O)c(CO)c1)CC2.[H-].[H-].[Na+].[Na+]. The van der Waals surface area contributed by atoms with Gasteiger partial charge in [0.15, 0.2) is 0 Å². The molecule has 0 bridgehead atoms. The number of fused-ring (bicyclic) bond motifs is 1. The van der Waals surface area contributed by atoms with E-state index in [1.54, 1.807) is 12.1 Å². The smallest absolute Gasteiger partial charge is 1.00 e. The molecule has 6 nitrogen and oxygen atoms in total. The molecule has 0 aliphatic heterocycles. The van der Waals surface area contributed by atoms with E-state index in [-0.39, 0.29) is 86.8 Å². The molecule has 8 heteroatoms. The van der Waals surface area contributed by atoms with Crippen LogP contribution in [0.4, 0.5) is 0 Å². The molecule has 0 saturated heterocycles. The summed E-state index contributed by atoms with van der Waals surface area (Å²) >= 11 is 0. The van der Waals surface area contributed by atoms with Crippen molar-refractivity contribution in [2.45, 2.75) is 63.7 Å². The van der Waals surface area contributed by atoms with Crippen LogP contribution in [0.25, 0.3) is 0 Å².